The molecule has 1 saturated heterocycles. The number of likely N-dealkylation sites (N-methyl/N-ethyl adjacent to an activating group) is 1. The normalized spacial score (nSPS) is 17.2. The van der Waals surface area contributed by atoms with Crippen molar-refractivity contribution in [3.05, 3.63) is 24.0 Å². The Labute approximate surface area is 127 Å². The number of hydrogen-bond donors (Lipinski definition) is 1. The van der Waals surface area contributed by atoms with Gasteiger partial charge in [0.15, 0.2) is 0 Å². The van der Waals surface area contributed by atoms with Crippen LogP contribution in [0.5, 0.6) is 0 Å². The van der Waals surface area contributed by atoms with Gasteiger partial charge in [-0.2, -0.15) is 0 Å². The number of aromatic nitrogens is 1. The molecule has 1 aliphatic heterocycles. The molecule has 21 heavy (non-hydrogen) atoms. The molecule has 1 fully saturated rings. The highest BCUT2D eigenvalue weighted by Crippen LogP contribution is 2.08. The highest BCUT2D eigenvalue weighted by molar-refractivity contribution is 5.76. The third kappa shape index (κ3) is 4.86. The second kappa shape index (κ2) is 6.62. The SMILES string of the molecule is CN1CCN(C(=O)Cn2cccc2CNC(C)(C)C)CC1. The number of hydrogen-bond acceptors (Lipinski definition) is 3. The minimum atomic E-state index is 0.0799. The first-order valence-electron chi connectivity index (χ1n) is 7.70. The fraction of sp³-hybridized carbons (Fsp3) is 0.688. The van der Waals surface area contributed by atoms with E-state index in [9.17, 15) is 4.79 Å². The quantitative estimate of drug-likeness (QED) is 0.905. The average Bonchev–Trinajstić information content (AvgIpc) is 2.83. The zero-order valence-electron chi connectivity index (χ0n) is 13.7. The summed E-state index contributed by atoms with van der Waals surface area (Å²) in [6, 6.07) is 4.09. The van der Waals surface area contributed by atoms with E-state index < -0.39 is 0 Å². The number of carbonyl (C=O) groups excluding carboxylic acids is 1. The first kappa shape index (κ1) is 16.0. The number of rotatable bonds is 4. The molecule has 1 aromatic rings. The van der Waals surface area contributed by atoms with E-state index in [-0.39, 0.29) is 11.4 Å². The molecule has 0 spiro atoms. The maximum absolute atomic E-state index is 12.4. The lowest BCUT2D eigenvalue weighted by atomic mass is 10.1. The standard InChI is InChI=1S/C16H28N4O/c1-16(2,3)17-12-14-6-5-7-20(14)13-15(21)19-10-8-18(4)9-11-19/h5-7,17H,8-13H2,1-4H3. The van der Waals surface area contributed by atoms with Crippen molar-refractivity contribution in [3.8, 4) is 0 Å². The Bertz CT molecular complexity index is 467. The minimum Gasteiger partial charge on any atom is -0.341 e. The number of piperazine rings is 1. The maximum atomic E-state index is 12.4. The molecule has 2 heterocycles. The van der Waals surface area contributed by atoms with Gasteiger partial charge < -0.3 is 19.7 Å². The fourth-order valence-corrected chi connectivity index (χ4v) is 2.42. The van der Waals surface area contributed by atoms with Gasteiger partial charge in [0.1, 0.15) is 6.54 Å². The summed E-state index contributed by atoms with van der Waals surface area (Å²) in [6.45, 7) is 11.3. The molecule has 0 bridgehead atoms. The average molecular weight is 292 g/mol. The van der Waals surface area contributed by atoms with Crippen LogP contribution in [0.4, 0.5) is 0 Å². The van der Waals surface area contributed by atoms with Gasteiger partial charge in [0, 0.05) is 50.2 Å². The van der Waals surface area contributed by atoms with Gasteiger partial charge in [-0.05, 0) is 40.0 Å². The smallest absolute Gasteiger partial charge is 0.242 e. The predicted molar refractivity (Wildman–Crippen MR) is 85.1 cm³/mol. The number of nitrogens with zero attached hydrogens (tertiary/aromatic N) is 3. The summed E-state index contributed by atoms with van der Waals surface area (Å²) in [4.78, 5) is 16.6. The van der Waals surface area contributed by atoms with Crippen molar-refractivity contribution in [1.29, 1.82) is 0 Å². The lowest BCUT2D eigenvalue weighted by Gasteiger charge is -2.32. The third-order valence-corrected chi connectivity index (χ3v) is 3.88. The molecular weight excluding hydrogens is 264 g/mol. The zero-order chi connectivity index (χ0) is 15.5. The summed E-state index contributed by atoms with van der Waals surface area (Å²) < 4.78 is 2.05. The molecule has 5 nitrogen and oxygen atoms in total. The third-order valence-electron chi connectivity index (χ3n) is 3.88. The molecule has 2 rings (SSSR count). The second-order valence-corrected chi connectivity index (χ2v) is 6.92. The Kier molecular flexibility index (Phi) is 5.06. The highest BCUT2D eigenvalue weighted by atomic mass is 16.2. The minimum absolute atomic E-state index is 0.0799. The first-order chi connectivity index (χ1) is 9.85. The van der Waals surface area contributed by atoms with Gasteiger partial charge in [-0.1, -0.05) is 0 Å². The number of carbonyl (C=O) groups is 1. The van der Waals surface area contributed by atoms with Gasteiger partial charge in [0.2, 0.25) is 5.91 Å². The number of nitrogens with one attached hydrogen (secondary N) is 1. The number of amides is 1. The van der Waals surface area contributed by atoms with Crippen molar-refractivity contribution in [3.63, 3.8) is 0 Å². The van der Waals surface area contributed by atoms with Crippen LogP contribution in [0, 0.1) is 0 Å². The van der Waals surface area contributed by atoms with Crippen LogP contribution in [-0.4, -0.2) is 59.0 Å². The van der Waals surface area contributed by atoms with Crippen LogP contribution in [-0.2, 0) is 17.9 Å². The molecule has 0 radical (unpaired) electrons. The molecule has 0 saturated carbocycles. The van der Waals surface area contributed by atoms with Gasteiger partial charge >= 0.3 is 0 Å². The van der Waals surface area contributed by atoms with Crippen molar-refractivity contribution >= 4 is 5.91 Å². The molecule has 0 unspecified atom stereocenters. The summed E-state index contributed by atoms with van der Waals surface area (Å²) >= 11 is 0. The van der Waals surface area contributed by atoms with E-state index in [1.54, 1.807) is 0 Å². The van der Waals surface area contributed by atoms with E-state index in [1.165, 1.54) is 0 Å². The second-order valence-electron chi connectivity index (χ2n) is 6.92. The van der Waals surface area contributed by atoms with Gasteiger partial charge in [-0.25, -0.2) is 0 Å². The van der Waals surface area contributed by atoms with Gasteiger partial charge in [-0.15, -0.1) is 0 Å². The summed E-state index contributed by atoms with van der Waals surface area (Å²) in [5.74, 6) is 0.219. The maximum Gasteiger partial charge on any atom is 0.242 e. The van der Waals surface area contributed by atoms with Crippen LogP contribution in [0.2, 0.25) is 0 Å². The van der Waals surface area contributed by atoms with Crippen molar-refractivity contribution in [2.45, 2.75) is 39.4 Å². The van der Waals surface area contributed by atoms with Crippen LogP contribution in [0.3, 0.4) is 0 Å². The summed E-state index contributed by atoms with van der Waals surface area (Å²) in [5.41, 5.74) is 1.24. The topological polar surface area (TPSA) is 40.5 Å². The molecular formula is C16H28N4O. The molecule has 1 aliphatic rings. The highest BCUT2D eigenvalue weighted by Gasteiger charge is 2.19. The van der Waals surface area contributed by atoms with Crippen molar-refractivity contribution in [2.24, 2.45) is 0 Å². The molecule has 0 aromatic carbocycles. The zero-order valence-corrected chi connectivity index (χ0v) is 13.7. The van der Waals surface area contributed by atoms with Gasteiger partial charge in [0.25, 0.3) is 0 Å². The lowest BCUT2D eigenvalue weighted by molar-refractivity contribution is -0.133. The Morgan fingerprint density at radius 2 is 1.90 bits per heavy atom. The van der Waals surface area contributed by atoms with Crippen LogP contribution in [0.15, 0.2) is 18.3 Å². The molecule has 118 valence electrons. The van der Waals surface area contributed by atoms with E-state index in [0.717, 1.165) is 38.4 Å². The Hall–Kier alpha value is -1.33. The molecule has 1 N–H and O–H groups in total. The van der Waals surface area contributed by atoms with Gasteiger partial charge in [-0.3, -0.25) is 4.79 Å². The Morgan fingerprint density at radius 3 is 2.52 bits per heavy atom. The Balaban J connectivity index is 1.91. The molecule has 1 aromatic heterocycles. The fourth-order valence-electron chi connectivity index (χ4n) is 2.42. The summed E-state index contributed by atoms with van der Waals surface area (Å²) in [7, 11) is 2.10. The lowest BCUT2D eigenvalue weighted by Crippen LogP contribution is -2.48. The summed E-state index contributed by atoms with van der Waals surface area (Å²) in [5, 5.41) is 3.47. The summed E-state index contributed by atoms with van der Waals surface area (Å²) in [6.07, 6.45) is 1.99. The first-order valence-corrected chi connectivity index (χ1v) is 7.70. The molecule has 0 aliphatic carbocycles. The van der Waals surface area contributed by atoms with E-state index in [4.69, 9.17) is 0 Å². The molecule has 1 amide bonds. The monoisotopic (exact) mass is 292 g/mol. The van der Waals surface area contributed by atoms with Gasteiger partial charge in [0.05, 0.1) is 0 Å². The van der Waals surface area contributed by atoms with Crippen LogP contribution in [0.1, 0.15) is 26.5 Å². The van der Waals surface area contributed by atoms with Crippen LogP contribution in [0.25, 0.3) is 0 Å². The van der Waals surface area contributed by atoms with E-state index >= 15 is 0 Å². The van der Waals surface area contributed by atoms with Crippen LogP contribution >= 0.6 is 0 Å². The predicted octanol–water partition coefficient (Wildman–Crippen LogP) is 1.15. The largest absolute Gasteiger partial charge is 0.341 e. The van der Waals surface area contributed by atoms with E-state index in [0.29, 0.717) is 6.54 Å². The van der Waals surface area contributed by atoms with Crippen molar-refractivity contribution < 1.29 is 4.79 Å². The molecule has 5 heteroatoms. The van der Waals surface area contributed by atoms with Crippen molar-refractivity contribution in [1.82, 2.24) is 19.7 Å². The molecule has 0 atom stereocenters. The van der Waals surface area contributed by atoms with Crippen molar-refractivity contribution in [2.75, 3.05) is 33.2 Å². The van der Waals surface area contributed by atoms with E-state index in [2.05, 4.69) is 48.7 Å². The van der Waals surface area contributed by atoms with E-state index in [1.807, 2.05) is 17.2 Å². The Morgan fingerprint density at radius 1 is 1.24 bits per heavy atom. The van der Waals surface area contributed by atoms with Crippen LogP contribution < -0.4 is 5.32 Å².